The number of β-amino-alcohol motifs (C(OH)–C–C–N with tert-alkyl or cyclic N) is 1. The van der Waals surface area contributed by atoms with Gasteiger partial charge in [0.2, 0.25) is 0 Å². The van der Waals surface area contributed by atoms with Crippen LogP contribution in [0, 0.1) is 6.92 Å². The number of hydrogen-bond acceptors (Lipinski definition) is 5. The molecule has 3 N–H and O–H groups in total. The minimum Gasteiger partial charge on any atom is -0.385 e. The fraction of sp³-hybridized carbons (Fsp3) is 0.500. The standard InChI is InChI=1S/C14H21N5O/c1-9-16-13(19-18-9)11-7-5-6-10(17-11)12(20)8-15-14(2,3)4/h5-7,12,15,20H,8H2,1-4H3,(H,16,18,19). The molecule has 6 heteroatoms. The van der Waals surface area contributed by atoms with Crippen molar-refractivity contribution in [3.05, 3.63) is 29.7 Å². The van der Waals surface area contributed by atoms with Crippen molar-refractivity contribution in [1.29, 1.82) is 0 Å². The molecule has 0 radical (unpaired) electrons. The lowest BCUT2D eigenvalue weighted by molar-refractivity contribution is 0.159. The number of H-pyrrole nitrogens is 1. The maximum atomic E-state index is 10.2. The summed E-state index contributed by atoms with van der Waals surface area (Å²) in [7, 11) is 0. The van der Waals surface area contributed by atoms with Crippen LogP contribution in [0.4, 0.5) is 0 Å². The second-order valence-corrected chi connectivity index (χ2v) is 5.84. The van der Waals surface area contributed by atoms with Gasteiger partial charge in [-0.2, -0.15) is 5.10 Å². The van der Waals surface area contributed by atoms with Crippen molar-refractivity contribution in [2.24, 2.45) is 0 Å². The highest BCUT2D eigenvalue weighted by Crippen LogP contribution is 2.16. The van der Waals surface area contributed by atoms with Crippen LogP contribution in [-0.2, 0) is 0 Å². The molecule has 2 aromatic rings. The van der Waals surface area contributed by atoms with E-state index in [1.807, 2.05) is 19.1 Å². The second kappa shape index (κ2) is 5.68. The zero-order valence-electron chi connectivity index (χ0n) is 12.3. The normalized spacial score (nSPS) is 13.4. The van der Waals surface area contributed by atoms with Gasteiger partial charge in [0.25, 0.3) is 0 Å². The van der Waals surface area contributed by atoms with Gasteiger partial charge in [0.1, 0.15) is 17.6 Å². The quantitative estimate of drug-likeness (QED) is 0.789. The first-order chi connectivity index (χ1) is 9.35. The van der Waals surface area contributed by atoms with Crippen molar-refractivity contribution < 1.29 is 5.11 Å². The topological polar surface area (TPSA) is 86.7 Å². The van der Waals surface area contributed by atoms with E-state index in [0.717, 1.165) is 5.82 Å². The summed E-state index contributed by atoms with van der Waals surface area (Å²) >= 11 is 0. The van der Waals surface area contributed by atoms with Gasteiger partial charge in [0, 0.05) is 12.1 Å². The number of aliphatic hydroxyl groups is 1. The third-order valence-corrected chi connectivity index (χ3v) is 2.76. The Balaban J connectivity index is 2.13. The minimum atomic E-state index is -0.658. The summed E-state index contributed by atoms with van der Waals surface area (Å²) < 4.78 is 0. The van der Waals surface area contributed by atoms with Gasteiger partial charge in [0.15, 0.2) is 5.82 Å². The molecule has 0 aliphatic rings. The molecule has 1 unspecified atom stereocenters. The molecule has 0 aromatic carbocycles. The first-order valence-corrected chi connectivity index (χ1v) is 6.64. The minimum absolute atomic E-state index is 0.0422. The molecule has 0 spiro atoms. The number of aliphatic hydroxyl groups excluding tert-OH is 1. The molecule has 0 fully saturated rings. The van der Waals surface area contributed by atoms with Crippen molar-refractivity contribution in [2.75, 3.05) is 6.54 Å². The third-order valence-electron chi connectivity index (χ3n) is 2.76. The van der Waals surface area contributed by atoms with Gasteiger partial charge < -0.3 is 10.4 Å². The Bertz CT molecular complexity index is 573. The van der Waals surface area contributed by atoms with E-state index < -0.39 is 6.10 Å². The SMILES string of the molecule is Cc1nc(-c2cccc(C(O)CNC(C)(C)C)n2)n[nH]1. The zero-order valence-corrected chi connectivity index (χ0v) is 12.3. The summed E-state index contributed by atoms with van der Waals surface area (Å²) in [6.07, 6.45) is -0.658. The Labute approximate surface area is 118 Å². The predicted molar refractivity (Wildman–Crippen MR) is 77.1 cm³/mol. The molecule has 1 atom stereocenters. The van der Waals surface area contributed by atoms with Crippen LogP contribution in [0.1, 0.15) is 38.4 Å². The molecule has 6 nitrogen and oxygen atoms in total. The molecule has 2 aromatic heterocycles. The molecule has 20 heavy (non-hydrogen) atoms. The van der Waals surface area contributed by atoms with Crippen molar-refractivity contribution in [3.63, 3.8) is 0 Å². The number of aryl methyl sites for hydroxylation is 1. The molecular weight excluding hydrogens is 254 g/mol. The van der Waals surface area contributed by atoms with Gasteiger partial charge in [-0.25, -0.2) is 9.97 Å². The number of aromatic amines is 1. The Morgan fingerprint density at radius 3 is 2.65 bits per heavy atom. The van der Waals surface area contributed by atoms with E-state index >= 15 is 0 Å². The lowest BCUT2D eigenvalue weighted by Gasteiger charge is -2.22. The van der Waals surface area contributed by atoms with Crippen LogP contribution in [-0.4, -0.2) is 37.4 Å². The molecular formula is C14H21N5O. The maximum Gasteiger partial charge on any atom is 0.199 e. The molecule has 0 amide bonds. The van der Waals surface area contributed by atoms with E-state index in [1.54, 1.807) is 6.07 Å². The van der Waals surface area contributed by atoms with E-state index in [-0.39, 0.29) is 5.54 Å². The van der Waals surface area contributed by atoms with Crippen molar-refractivity contribution in [3.8, 4) is 11.5 Å². The fourth-order valence-corrected chi connectivity index (χ4v) is 1.73. The molecule has 2 rings (SSSR count). The number of rotatable bonds is 4. The molecule has 2 heterocycles. The zero-order chi connectivity index (χ0) is 14.8. The van der Waals surface area contributed by atoms with Gasteiger partial charge in [-0.15, -0.1) is 0 Å². The van der Waals surface area contributed by atoms with Crippen LogP contribution in [0.25, 0.3) is 11.5 Å². The van der Waals surface area contributed by atoms with Crippen molar-refractivity contribution in [1.82, 2.24) is 25.5 Å². The largest absolute Gasteiger partial charge is 0.385 e. The summed E-state index contributed by atoms with van der Waals surface area (Å²) in [4.78, 5) is 8.66. The maximum absolute atomic E-state index is 10.2. The van der Waals surface area contributed by atoms with Crippen LogP contribution in [0.15, 0.2) is 18.2 Å². The first-order valence-electron chi connectivity index (χ1n) is 6.64. The third kappa shape index (κ3) is 3.85. The molecule has 0 bridgehead atoms. The summed E-state index contributed by atoms with van der Waals surface area (Å²) in [5.41, 5.74) is 1.22. The van der Waals surface area contributed by atoms with Crippen LogP contribution < -0.4 is 5.32 Å². The molecule has 0 saturated carbocycles. The fourth-order valence-electron chi connectivity index (χ4n) is 1.73. The monoisotopic (exact) mass is 275 g/mol. The summed E-state index contributed by atoms with van der Waals surface area (Å²) in [6.45, 7) is 8.45. The first kappa shape index (κ1) is 14.6. The van der Waals surface area contributed by atoms with Gasteiger partial charge in [0.05, 0.1) is 5.69 Å². The Hall–Kier alpha value is -1.79. The van der Waals surface area contributed by atoms with Crippen molar-refractivity contribution >= 4 is 0 Å². The van der Waals surface area contributed by atoms with Gasteiger partial charge in [-0.05, 0) is 39.8 Å². The van der Waals surface area contributed by atoms with Crippen LogP contribution in [0.3, 0.4) is 0 Å². The molecule has 0 aliphatic carbocycles. The number of hydrogen-bond donors (Lipinski definition) is 3. The van der Waals surface area contributed by atoms with Crippen LogP contribution >= 0.6 is 0 Å². The van der Waals surface area contributed by atoms with E-state index in [0.29, 0.717) is 23.8 Å². The summed E-state index contributed by atoms with van der Waals surface area (Å²) in [6, 6.07) is 5.48. The summed E-state index contributed by atoms with van der Waals surface area (Å²) in [5, 5.41) is 20.3. The highest BCUT2D eigenvalue weighted by molar-refractivity contribution is 5.48. The average Bonchev–Trinajstić information content (AvgIpc) is 2.82. The van der Waals surface area contributed by atoms with Gasteiger partial charge in [-0.3, -0.25) is 5.10 Å². The number of nitrogens with zero attached hydrogens (tertiary/aromatic N) is 3. The lowest BCUT2D eigenvalue weighted by atomic mass is 10.1. The number of nitrogens with one attached hydrogen (secondary N) is 2. The highest BCUT2D eigenvalue weighted by atomic mass is 16.3. The smallest absolute Gasteiger partial charge is 0.199 e. The van der Waals surface area contributed by atoms with Gasteiger partial charge in [-0.1, -0.05) is 6.07 Å². The molecule has 0 aliphatic heterocycles. The van der Waals surface area contributed by atoms with Gasteiger partial charge >= 0.3 is 0 Å². The summed E-state index contributed by atoms with van der Waals surface area (Å²) in [5.74, 6) is 1.28. The van der Waals surface area contributed by atoms with E-state index in [1.165, 1.54) is 0 Å². The Morgan fingerprint density at radius 1 is 1.30 bits per heavy atom. The highest BCUT2D eigenvalue weighted by Gasteiger charge is 2.15. The van der Waals surface area contributed by atoms with E-state index in [4.69, 9.17) is 0 Å². The number of aromatic nitrogens is 4. The Kier molecular flexibility index (Phi) is 4.15. The second-order valence-electron chi connectivity index (χ2n) is 5.84. The predicted octanol–water partition coefficient (Wildman–Crippen LogP) is 1.60. The Morgan fingerprint density at radius 2 is 2.05 bits per heavy atom. The molecule has 0 saturated heterocycles. The van der Waals surface area contributed by atoms with E-state index in [2.05, 4.69) is 46.3 Å². The van der Waals surface area contributed by atoms with Crippen LogP contribution in [0.2, 0.25) is 0 Å². The van der Waals surface area contributed by atoms with Crippen molar-refractivity contribution in [2.45, 2.75) is 39.3 Å². The molecule has 108 valence electrons. The van der Waals surface area contributed by atoms with Crippen LogP contribution in [0.5, 0.6) is 0 Å². The lowest BCUT2D eigenvalue weighted by Crippen LogP contribution is -2.38. The van der Waals surface area contributed by atoms with E-state index in [9.17, 15) is 5.11 Å². The average molecular weight is 275 g/mol. The number of pyridine rings is 1.